The average Bonchev–Trinajstić information content (AvgIpc) is 2.46. The third-order valence-corrected chi connectivity index (χ3v) is 3.62. The van der Waals surface area contributed by atoms with E-state index in [1.54, 1.807) is 20.3 Å². The minimum absolute atomic E-state index is 0.129. The Hall–Kier alpha value is -0.970. The van der Waals surface area contributed by atoms with Crippen LogP contribution >= 0.6 is 0 Å². The first-order chi connectivity index (χ1) is 9.70. The number of nitrogens with one attached hydrogen (secondary N) is 1. The molecule has 0 radical (unpaired) electrons. The molecule has 0 saturated carbocycles. The van der Waals surface area contributed by atoms with Crippen molar-refractivity contribution in [1.29, 1.82) is 0 Å². The number of methoxy groups -OCH3 is 2. The van der Waals surface area contributed by atoms with Crippen LogP contribution in [-0.4, -0.2) is 40.5 Å². The SMILES string of the molecule is COCCNCC(c1ccccc1F)C(C)CCOC. The molecule has 1 aromatic rings. The van der Waals surface area contributed by atoms with Crippen LogP contribution in [0, 0.1) is 11.7 Å². The fourth-order valence-electron chi connectivity index (χ4n) is 2.33. The Morgan fingerprint density at radius 3 is 2.50 bits per heavy atom. The van der Waals surface area contributed by atoms with Gasteiger partial charge in [0, 0.05) is 39.8 Å². The number of benzene rings is 1. The van der Waals surface area contributed by atoms with E-state index in [1.165, 1.54) is 6.07 Å². The van der Waals surface area contributed by atoms with E-state index in [-0.39, 0.29) is 11.7 Å². The van der Waals surface area contributed by atoms with Gasteiger partial charge < -0.3 is 14.8 Å². The highest BCUT2D eigenvalue weighted by atomic mass is 19.1. The number of hydrogen-bond donors (Lipinski definition) is 1. The molecule has 0 aliphatic heterocycles. The molecule has 114 valence electrons. The number of hydrogen-bond acceptors (Lipinski definition) is 3. The summed E-state index contributed by atoms with van der Waals surface area (Å²) in [4.78, 5) is 0. The molecule has 0 fully saturated rings. The van der Waals surface area contributed by atoms with Gasteiger partial charge >= 0.3 is 0 Å². The van der Waals surface area contributed by atoms with Gasteiger partial charge in [0.2, 0.25) is 0 Å². The predicted molar refractivity (Wildman–Crippen MR) is 79.5 cm³/mol. The first-order valence-electron chi connectivity index (χ1n) is 7.13. The summed E-state index contributed by atoms with van der Waals surface area (Å²) in [6.45, 7) is 5.03. The van der Waals surface area contributed by atoms with Crippen LogP contribution in [0.1, 0.15) is 24.8 Å². The van der Waals surface area contributed by atoms with Crippen molar-refractivity contribution in [1.82, 2.24) is 5.32 Å². The molecule has 20 heavy (non-hydrogen) atoms. The summed E-state index contributed by atoms with van der Waals surface area (Å²) in [5.41, 5.74) is 0.779. The summed E-state index contributed by atoms with van der Waals surface area (Å²) in [7, 11) is 3.37. The van der Waals surface area contributed by atoms with Crippen LogP contribution in [0.3, 0.4) is 0 Å². The van der Waals surface area contributed by atoms with Gasteiger partial charge in [-0.05, 0) is 24.0 Å². The Kier molecular flexibility index (Phi) is 8.42. The summed E-state index contributed by atoms with van der Waals surface area (Å²) in [6, 6.07) is 7.03. The van der Waals surface area contributed by atoms with Gasteiger partial charge in [0.25, 0.3) is 0 Å². The Bertz CT molecular complexity index is 373. The van der Waals surface area contributed by atoms with E-state index < -0.39 is 0 Å². The zero-order valence-corrected chi connectivity index (χ0v) is 12.7. The molecule has 0 heterocycles. The van der Waals surface area contributed by atoms with E-state index in [1.807, 2.05) is 12.1 Å². The highest BCUT2D eigenvalue weighted by Gasteiger charge is 2.21. The molecular weight excluding hydrogens is 257 g/mol. The van der Waals surface area contributed by atoms with Gasteiger partial charge in [0.05, 0.1) is 6.61 Å². The van der Waals surface area contributed by atoms with Crippen molar-refractivity contribution in [3.05, 3.63) is 35.6 Å². The van der Waals surface area contributed by atoms with Crippen molar-refractivity contribution in [2.45, 2.75) is 19.3 Å². The minimum Gasteiger partial charge on any atom is -0.385 e. The van der Waals surface area contributed by atoms with Gasteiger partial charge in [0.15, 0.2) is 0 Å². The second-order valence-electron chi connectivity index (χ2n) is 5.08. The molecule has 2 unspecified atom stereocenters. The Morgan fingerprint density at radius 1 is 1.15 bits per heavy atom. The molecule has 0 saturated heterocycles. The molecule has 0 aliphatic rings. The van der Waals surface area contributed by atoms with Crippen LogP contribution in [0.2, 0.25) is 0 Å². The van der Waals surface area contributed by atoms with Crippen LogP contribution in [0.4, 0.5) is 4.39 Å². The van der Waals surface area contributed by atoms with E-state index >= 15 is 0 Å². The van der Waals surface area contributed by atoms with Crippen molar-refractivity contribution in [2.24, 2.45) is 5.92 Å². The Morgan fingerprint density at radius 2 is 1.85 bits per heavy atom. The normalized spacial score (nSPS) is 14.2. The maximum Gasteiger partial charge on any atom is 0.126 e. The van der Waals surface area contributed by atoms with Gasteiger partial charge in [-0.1, -0.05) is 25.1 Å². The Labute approximate surface area is 121 Å². The van der Waals surface area contributed by atoms with E-state index in [0.717, 1.165) is 25.1 Å². The second-order valence-corrected chi connectivity index (χ2v) is 5.08. The molecule has 1 aromatic carbocycles. The van der Waals surface area contributed by atoms with Gasteiger partial charge in [0.1, 0.15) is 5.82 Å². The molecule has 4 heteroatoms. The molecule has 0 amide bonds. The molecule has 0 aliphatic carbocycles. The zero-order chi connectivity index (χ0) is 14.8. The standard InChI is InChI=1S/C16H26FNO2/c1-13(8-10-19-2)15(12-18-9-11-20-3)14-6-4-5-7-16(14)17/h4-7,13,15,18H,8-12H2,1-3H3. The van der Waals surface area contributed by atoms with E-state index in [0.29, 0.717) is 19.1 Å². The van der Waals surface area contributed by atoms with Gasteiger partial charge in [-0.2, -0.15) is 0 Å². The highest BCUT2D eigenvalue weighted by molar-refractivity contribution is 5.22. The maximum absolute atomic E-state index is 14.0. The molecule has 1 rings (SSSR count). The average molecular weight is 283 g/mol. The van der Waals surface area contributed by atoms with E-state index in [2.05, 4.69) is 12.2 Å². The van der Waals surface area contributed by atoms with Gasteiger partial charge in [-0.15, -0.1) is 0 Å². The molecular formula is C16H26FNO2. The zero-order valence-electron chi connectivity index (χ0n) is 12.7. The molecule has 3 nitrogen and oxygen atoms in total. The number of halogens is 1. The summed E-state index contributed by atoms with van der Waals surface area (Å²) < 4.78 is 24.2. The first kappa shape index (κ1) is 17.1. The third kappa shape index (κ3) is 5.57. The quantitative estimate of drug-likeness (QED) is 0.670. The number of ether oxygens (including phenoxy) is 2. The molecule has 0 bridgehead atoms. The fraction of sp³-hybridized carbons (Fsp3) is 0.625. The van der Waals surface area contributed by atoms with Gasteiger partial charge in [-0.25, -0.2) is 4.39 Å². The highest BCUT2D eigenvalue weighted by Crippen LogP contribution is 2.28. The lowest BCUT2D eigenvalue weighted by Gasteiger charge is -2.25. The van der Waals surface area contributed by atoms with Crippen molar-refractivity contribution in [3.8, 4) is 0 Å². The fourth-order valence-corrected chi connectivity index (χ4v) is 2.33. The smallest absolute Gasteiger partial charge is 0.126 e. The summed E-state index contributed by atoms with van der Waals surface area (Å²) in [6.07, 6.45) is 0.918. The molecule has 1 N–H and O–H groups in total. The topological polar surface area (TPSA) is 30.5 Å². The summed E-state index contributed by atoms with van der Waals surface area (Å²) >= 11 is 0. The van der Waals surface area contributed by atoms with Crippen LogP contribution < -0.4 is 5.32 Å². The predicted octanol–water partition coefficient (Wildman–Crippen LogP) is 2.82. The van der Waals surface area contributed by atoms with Crippen LogP contribution in [0.5, 0.6) is 0 Å². The lowest BCUT2D eigenvalue weighted by Crippen LogP contribution is -2.29. The summed E-state index contributed by atoms with van der Waals surface area (Å²) in [5.74, 6) is 0.361. The Balaban J connectivity index is 2.70. The van der Waals surface area contributed by atoms with Crippen molar-refractivity contribution in [3.63, 3.8) is 0 Å². The van der Waals surface area contributed by atoms with Crippen molar-refractivity contribution >= 4 is 0 Å². The second kappa shape index (κ2) is 9.86. The molecule has 2 atom stereocenters. The first-order valence-corrected chi connectivity index (χ1v) is 7.13. The maximum atomic E-state index is 14.0. The monoisotopic (exact) mass is 283 g/mol. The third-order valence-electron chi connectivity index (χ3n) is 3.62. The van der Waals surface area contributed by atoms with Gasteiger partial charge in [-0.3, -0.25) is 0 Å². The van der Waals surface area contributed by atoms with Crippen molar-refractivity contribution < 1.29 is 13.9 Å². The van der Waals surface area contributed by atoms with Crippen LogP contribution in [0.25, 0.3) is 0 Å². The van der Waals surface area contributed by atoms with E-state index in [4.69, 9.17) is 9.47 Å². The van der Waals surface area contributed by atoms with Crippen LogP contribution in [0.15, 0.2) is 24.3 Å². The van der Waals surface area contributed by atoms with Crippen molar-refractivity contribution in [2.75, 3.05) is 40.5 Å². The van der Waals surface area contributed by atoms with E-state index in [9.17, 15) is 4.39 Å². The lowest BCUT2D eigenvalue weighted by molar-refractivity contribution is 0.171. The van der Waals surface area contributed by atoms with Crippen LogP contribution in [-0.2, 0) is 9.47 Å². The largest absolute Gasteiger partial charge is 0.385 e. The number of rotatable bonds is 10. The molecule has 0 aromatic heterocycles. The minimum atomic E-state index is -0.129. The lowest BCUT2D eigenvalue weighted by atomic mass is 9.85. The molecule has 0 spiro atoms. The summed E-state index contributed by atoms with van der Waals surface area (Å²) in [5, 5.41) is 3.34.